The first-order valence-electron chi connectivity index (χ1n) is 5.95. The number of hydrogen-bond acceptors (Lipinski definition) is 4. The first kappa shape index (κ1) is 13.7. The molecule has 0 amide bonds. The van der Waals surface area contributed by atoms with Crippen LogP contribution >= 0.6 is 34.7 Å². The molecule has 1 atom stereocenters. The Bertz CT molecular complexity index is 348. The second-order valence-electron chi connectivity index (χ2n) is 4.39. The smallest absolute Gasteiger partial charge is 0.0564 e. The van der Waals surface area contributed by atoms with Gasteiger partial charge >= 0.3 is 0 Å². The summed E-state index contributed by atoms with van der Waals surface area (Å²) in [6.07, 6.45) is 4.76. The molecule has 2 heterocycles. The number of rotatable bonds is 4. The number of thioether (sulfide) groups is 1. The van der Waals surface area contributed by atoms with E-state index in [0.29, 0.717) is 12.6 Å². The van der Waals surface area contributed by atoms with Crippen LogP contribution in [-0.2, 0) is 0 Å². The predicted octanol–water partition coefficient (Wildman–Crippen LogP) is 3.23. The Hall–Kier alpha value is 0.260. The second kappa shape index (κ2) is 6.43. The van der Waals surface area contributed by atoms with Gasteiger partial charge in [0.05, 0.1) is 11.1 Å². The van der Waals surface area contributed by atoms with Crippen LogP contribution in [0.25, 0.3) is 0 Å². The molecule has 1 aromatic heterocycles. The molecule has 0 aromatic carbocycles. The maximum Gasteiger partial charge on any atom is 0.0564 e. The maximum absolute atomic E-state index is 5.99. The van der Waals surface area contributed by atoms with Crippen LogP contribution in [0.5, 0.6) is 0 Å². The Balaban J connectivity index is 2.00. The number of nitrogens with two attached hydrogens (primary N) is 1. The van der Waals surface area contributed by atoms with Crippen LogP contribution in [0.3, 0.4) is 0 Å². The van der Waals surface area contributed by atoms with E-state index in [0.717, 1.165) is 23.4 Å². The normalized spacial score (nSPS) is 20.6. The van der Waals surface area contributed by atoms with Gasteiger partial charge in [-0.05, 0) is 38.3 Å². The third kappa shape index (κ3) is 3.38. The van der Waals surface area contributed by atoms with E-state index < -0.39 is 0 Å². The molecule has 0 radical (unpaired) electrons. The highest BCUT2D eigenvalue weighted by molar-refractivity contribution is 7.99. The maximum atomic E-state index is 5.99. The molecule has 5 heteroatoms. The zero-order valence-corrected chi connectivity index (χ0v) is 12.5. The molecule has 2 nitrogen and oxygen atoms in total. The van der Waals surface area contributed by atoms with Crippen LogP contribution in [0, 0.1) is 0 Å². The third-order valence-corrected chi connectivity index (χ3v) is 5.91. The van der Waals surface area contributed by atoms with Gasteiger partial charge in [0.25, 0.3) is 0 Å². The summed E-state index contributed by atoms with van der Waals surface area (Å²) >= 11 is 9.71. The summed E-state index contributed by atoms with van der Waals surface area (Å²) in [5.41, 5.74) is 5.93. The van der Waals surface area contributed by atoms with Crippen LogP contribution < -0.4 is 5.73 Å². The minimum absolute atomic E-state index is 0.357. The van der Waals surface area contributed by atoms with E-state index in [9.17, 15) is 0 Å². The van der Waals surface area contributed by atoms with Crippen LogP contribution in [0.4, 0.5) is 0 Å². The monoisotopic (exact) mass is 290 g/mol. The standard InChI is InChI=1S/C12H19ClN2S2/c1-16-10-2-4-15(5-3-10)11(7-14)12-6-9(13)8-17-12/h6,8,10-11H,2-5,7,14H2,1H3. The topological polar surface area (TPSA) is 29.3 Å². The van der Waals surface area contributed by atoms with Crippen molar-refractivity contribution in [2.75, 3.05) is 25.9 Å². The summed E-state index contributed by atoms with van der Waals surface area (Å²) in [6, 6.07) is 2.42. The average Bonchev–Trinajstić information content (AvgIpc) is 2.78. The van der Waals surface area contributed by atoms with Gasteiger partial charge in [0.15, 0.2) is 0 Å². The van der Waals surface area contributed by atoms with Crippen molar-refractivity contribution in [1.82, 2.24) is 4.90 Å². The highest BCUT2D eigenvalue weighted by atomic mass is 35.5. The fraction of sp³-hybridized carbons (Fsp3) is 0.667. The Morgan fingerprint density at radius 3 is 2.76 bits per heavy atom. The Morgan fingerprint density at radius 2 is 2.29 bits per heavy atom. The first-order valence-corrected chi connectivity index (χ1v) is 8.50. The fourth-order valence-electron chi connectivity index (χ4n) is 2.37. The molecular formula is C12H19ClN2S2. The number of nitrogens with zero attached hydrogens (tertiary/aromatic N) is 1. The third-order valence-electron chi connectivity index (χ3n) is 3.39. The number of hydrogen-bond donors (Lipinski definition) is 1. The van der Waals surface area contributed by atoms with Crippen molar-refractivity contribution in [3.63, 3.8) is 0 Å². The summed E-state index contributed by atoms with van der Waals surface area (Å²) in [6.45, 7) is 2.99. The summed E-state index contributed by atoms with van der Waals surface area (Å²) in [5.74, 6) is 0. The Kier molecular flexibility index (Phi) is 5.18. The van der Waals surface area contributed by atoms with Crippen molar-refractivity contribution in [3.05, 3.63) is 21.3 Å². The average molecular weight is 291 g/mol. The summed E-state index contributed by atoms with van der Waals surface area (Å²) in [5, 5.41) is 3.66. The zero-order valence-electron chi connectivity index (χ0n) is 10.1. The molecule has 0 spiro atoms. The van der Waals surface area contributed by atoms with Crippen LogP contribution in [0.15, 0.2) is 11.4 Å². The van der Waals surface area contributed by atoms with Gasteiger partial charge in [0.2, 0.25) is 0 Å². The van der Waals surface area contributed by atoms with Crippen LogP contribution in [0.1, 0.15) is 23.8 Å². The molecule has 2 N–H and O–H groups in total. The molecule has 96 valence electrons. The predicted molar refractivity (Wildman–Crippen MR) is 79.2 cm³/mol. The lowest BCUT2D eigenvalue weighted by Crippen LogP contribution is -2.40. The largest absolute Gasteiger partial charge is 0.329 e. The van der Waals surface area contributed by atoms with E-state index in [1.807, 2.05) is 17.1 Å². The molecule has 0 saturated carbocycles. The number of piperidine rings is 1. The van der Waals surface area contributed by atoms with Crippen molar-refractivity contribution < 1.29 is 0 Å². The first-order chi connectivity index (χ1) is 8.24. The van der Waals surface area contributed by atoms with Gasteiger partial charge in [0.1, 0.15) is 0 Å². The van der Waals surface area contributed by atoms with Gasteiger partial charge in [-0.2, -0.15) is 11.8 Å². The summed E-state index contributed by atoms with van der Waals surface area (Å²) in [7, 11) is 0. The molecule has 1 unspecified atom stereocenters. The van der Waals surface area contributed by atoms with Crippen molar-refractivity contribution in [2.24, 2.45) is 5.73 Å². The van der Waals surface area contributed by atoms with Crippen molar-refractivity contribution in [1.29, 1.82) is 0 Å². The molecule has 1 saturated heterocycles. The highest BCUT2D eigenvalue weighted by Gasteiger charge is 2.25. The van der Waals surface area contributed by atoms with E-state index in [2.05, 4.69) is 17.2 Å². The van der Waals surface area contributed by atoms with E-state index in [1.165, 1.54) is 17.7 Å². The lowest BCUT2D eigenvalue weighted by Gasteiger charge is -2.36. The number of likely N-dealkylation sites (tertiary alicyclic amines) is 1. The SMILES string of the molecule is CSC1CCN(C(CN)c2cc(Cl)cs2)CC1. The van der Waals surface area contributed by atoms with E-state index in [1.54, 1.807) is 11.3 Å². The molecule has 0 aliphatic carbocycles. The lowest BCUT2D eigenvalue weighted by atomic mass is 10.1. The molecule has 0 bridgehead atoms. The van der Waals surface area contributed by atoms with Crippen molar-refractivity contribution >= 4 is 34.7 Å². The van der Waals surface area contributed by atoms with Crippen molar-refractivity contribution in [3.8, 4) is 0 Å². The molecule has 1 fully saturated rings. The van der Waals surface area contributed by atoms with Gasteiger partial charge < -0.3 is 5.73 Å². The highest BCUT2D eigenvalue weighted by Crippen LogP contribution is 2.32. The van der Waals surface area contributed by atoms with Crippen LogP contribution in [-0.4, -0.2) is 36.0 Å². The summed E-state index contributed by atoms with van der Waals surface area (Å²) < 4.78 is 0. The molecular weight excluding hydrogens is 272 g/mol. The lowest BCUT2D eigenvalue weighted by molar-refractivity contribution is 0.173. The minimum Gasteiger partial charge on any atom is -0.329 e. The zero-order chi connectivity index (χ0) is 12.3. The second-order valence-corrected chi connectivity index (χ2v) is 6.91. The quantitative estimate of drug-likeness (QED) is 0.923. The molecule has 2 rings (SSSR count). The Labute approximate surface area is 117 Å². The van der Waals surface area contributed by atoms with Gasteiger partial charge in [-0.1, -0.05) is 11.6 Å². The molecule has 1 aliphatic rings. The van der Waals surface area contributed by atoms with Gasteiger partial charge in [-0.15, -0.1) is 11.3 Å². The summed E-state index contributed by atoms with van der Waals surface area (Å²) in [4.78, 5) is 3.81. The molecule has 17 heavy (non-hydrogen) atoms. The Morgan fingerprint density at radius 1 is 1.59 bits per heavy atom. The van der Waals surface area contributed by atoms with E-state index in [4.69, 9.17) is 17.3 Å². The van der Waals surface area contributed by atoms with Gasteiger partial charge in [0, 0.05) is 22.1 Å². The number of halogens is 1. The number of thiophene rings is 1. The van der Waals surface area contributed by atoms with Crippen LogP contribution in [0.2, 0.25) is 5.02 Å². The minimum atomic E-state index is 0.357. The van der Waals surface area contributed by atoms with Gasteiger partial charge in [-0.25, -0.2) is 0 Å². The fourth-order valence-corrected chi connectivity index (χ4v) is 4.28. The molecule has 1 aromatic rings. The van der Waals surface area contributed by atoms with E-state index in [-0.39, 0.29) is 0 Å². The van der Waals surface area contributed by atoms with Gasteiger partial charge in [-0.3, -0.25) is 4.90 Å². The molecule has 1 aliphatic heterocycles. The van der Waals surface area contributed by atoms with E-state index >= 15 is 0 Å². The van der Waals surface area contributed by atoms with Crippen molar-refractivity contribution in [2.45, 2.75) is 24.1 Å².